The summed E-state index contributed by atoms with van der Waals surface area (Å²) < 4.78 is 9.71. The number of carbonyl (C=O) groups excluding carboxylic acids is 3. The second-order valence-corrected chi connectivity index (χ2v) is 7.95. The highest BCUT2D eigenvalue weighted by Gasteiger charge is 2.23. The summed E-state index contributed by atoms with van der Waals surface area (Å²) >= 11 is 0. The number of nitrogens with zero attached hydrogens (tertiary/aromatic N) is 1. The summed E-state index contributed by atoms with van der Waals surface area (Å²) in [5.74, 6) is 0.647. The maximum absolute atomic E-state index is 12.6. The minimum Gasteiger partial charge on any atom is -0.434 e. The summed E-state index contributed by atoms with van der Waals surface area (Å²) in [5, 5.41) is 2.97. The van der Waals surface area contributed by atoms with Gasteiger partial charge in [0.2, 0.25) is 5.91 Å². The van der Waals surface area contributed by atoms with Gasteiger partial charge in [-0.15, -0.1) is 0 Å². The van der Waals surface area contributed by atoms with Gasteiger partial charge in [-0.3, -0.25) is 9.59 Å². The predicted molar refractivity (Wildman–Crippen MR) is 121 cm³/mol. The molecule has 0 atom stereocenters. The first-order chi connectivity index (χ1) is 15.5. The zero-order valence-corrected chi connectivity index (χ0v) is 18.6. The molecular formula is C25H30N2O5. The van der Waals surface area contributed by atoms with E-state index in [2.05, 4.69) is 5.32 Å². The van der Waals surface area contributed by atoms with E-state index in [0.29, 0.717) is 43.3 Å². The van der Waals surface area contributed by atoms with E-state index in [4.69, 9.17) is 9.47 Å². The largest absolute Gasteiger partial charge is 0.513 e. The van der Waals surface area contributed by atoms with Crippen molar-refractivity contribution in [1.29, 1.82) is 0 Å². The molecular weight excluding hydrogens is 408 g/mol. The lowest BCUT2D eigenvalue weighted by atomic mass is 9.96. The number of amides is 2. The van der Waals surface area contributed by atoms with Crippen molar-refractivity contribution in [3.05, 3.63) is 65.2 Å². The second-order valence-electron chi connectivity index (χ2n) is 7.95. The van der Waals surface area contributed by atoms with Crippen molar-refractivity contribution in [2.45, 2.75) is 33.1 Å². The minimum atomic E-state index is -0.770. The van der Waals surface area contributed by atoms with Gasteiger partial charge in [-0.05, 0) is 68.0 Å². The summed E-state index contributed by atoms with van der Waals surface area (Å²) in [7, 11) is 0. The molecule has 2 amide bonds. The average Bonchev–Trinajstić information content (AvgIpc) is 2.80. The van der Waals surface area contributed by atoms with Crippen LogP contribution in [0.25, 0.3) is 0 Å². The second kappa shape index (κ2) is 11.3. The quantitative estimate of drug-likeness (QED) is 0.526. The summed E-state index contributed by atoms with van der Waals surface area (Å²) in [6, 6.07) is 14.3. The smallest absolute Gasteiger partial charge is 0.434 e. The highest BCUT2D eigenvalue weighted by Crippen LogP contribution is 2.19. The number of nitrogens with one attached hydrogen (secondary N) is 1. The Kier molecular flexibility index (Phi) is 8.25. The number of carbonyl (C=O) groups is 3. The van der Waals surface area contributed by atoms with E-state index in [1.54, 1.807) is 31.2 Å². The van der Waals surface area contributed by atoms with Crippen molar-refractivity contribution in [3.8, 4) is 5.75 Å². The maximum atomic E-state index is 12.6. The third-order valence-corrected chi connectivity index (χ3v) is 5.70. The van der Waals surface area contributed by atoms with Crippen LogP contribution in [0.4, 0.5) is 4.79 Å². The standard InChI is InChI=1S/C25H30N2O5/c1-3-31-25(30)32-22-10-8-20(9-11-22)24(29)26-17-19-12-14-27(15-13-19)23(28)16-21-7-5-4-6-18(21)2/h4-11,19H,3,12-17H2,1-2H3,(H,26,29). The van der Waals surface area contributed by atoms with Crippen LogP contribution in [0.15, 0.2) is 48.5 Å². The Morgan fingerprint density at radius 1 is 1.03 bits per heavy atom. The maximum Gasteiger partial charge on any atom is 0.513 e. The van der Waals surface area contributed by atoms with E-state index in [1.807, 2.05) is 36.1 Å². The first-order valence-electron chi connectivity index (χ1n) is 11.0. The molecule has 1 aliphatic heterocycles. The molecule has 1 fully saturated rings. The first kappa shape index (κ1) is 23.3. The fourth-order valence-corrected chi connectivity index (χ4v) is 3.73. The Labute approximate surface area is 188 Å². The van der Waals surface area contributed by atoms with Gasteiger partial charge in [0.15, 0.2) is 0 Å². The molecule has 1 saturated heterocycles. The van der Waals surface area contributed by atoms with Crippen molar-refractivity contribution >= 4 is 18.0 Å². The van der Waals surface area contributed by atoms with Gasteiger partial charge >= 0.3 is 6.16 Å². The fraction of sp³-hybridized carbons (Fsp3) is 0.400. The third kappa shape index (κ3) is 6.57. The Hall–Kier alpha value is -3.35. The van der Waals surface area contributed by atoms with Crippen LogP contribution in [0.2, 0.25) is 0 Å². The van der Waals surface area contributed by atoms with Gasteiger partial charge in [0.05, 0.1) is 13.0 Å². The van der Waals surface area contributed by atoms with Crippen LogP contribution >= 0.6 is 0 Å². The molecule has 2 aromatic carbocycles. The molecule has 0 saturated carbocycles. The van der Waals surface area contributed by atoms with Crippen LogP contribution in [-0.4, -0.2) is 49.1 Å². The van der Waals surface area contributed by atoms with Crippen molar-refractivity contribution in [2.75, 3.05) is 26.2 Å². The number of hydrogen-bond donors (Lipinski definition) is 1. The normalized spacial score (nSPS) is 14.0. The molecule has 0 aromatic heterocycles. The van der Waals surface area contributed by atoms with E-state index in [-0.39, 0.29) is 18.4 Å². The van der Waals surface area contributed by atoms with Crippen molar-refractivity contribution < 1.29 is 23.9 Å². The van der Waals surface area contributed by atoms with Crippen LogP contribution in [0.3, 0.4) is 0 Å². The SMILES string of the molecule is CCOC(=O)Oc1ccc(C(=O)NCC2CCN(C(=O)Cc3ccccc3C)CC2)cc1. The molecule has 0 spiro atoms. The average molecular weight is 439 g/mol. The molecule has 2 aromatic rings. The predicted octanol–water partition coefficient (Wildman–Crippen LogP) is 3.74. The van der Waals surface area contributed by atoms with Crippen molar-refractivity contribution in [2.24, 2.45) is 5.92 Å². The monoisotopic (exact) mass is 438 g/mol. The van der Waals surface area contributed by atoms with Crippen molar-refractivity contribution in [3.63, 3.8) is 0 Å². The number of rotatable bonds is 7. The lowest BCUT2D eigenvalue weighted by Crippen LogP contribution is -2.42. The number of piperidine rings is 1. The first-order valence-corrected chi connectivity index (χ1v) is 11.0. The van der Waals surface area contributed by atoms with Gasteiger partial charge in [-0.1, -0.05) is 24.3 Å². The fourth-order valence-electron chi connectivity index (χ4n) is 3.73. The van der Waals surface area contributed by atoms with Gasteiger partial charge in [-0.25, -0.2) is 4.79 Å². The van der Waals surface area contributed by atoms with Crippen LogP contribution in [-0.2, 0) is 16.0 Å². The third-order valence-electron chi connectivity index (χ3n) is 5.70. The van der Waals surface area contributed by atoms with Gasteiger partial charge in [-0.2, -0.15) is 0 Å². The van der Waals surface area contributed by atoms with E-state index in [9.17, 15) is 14.4 Å². The summed E-state index contributed by atoms with van der Waals surface area (Å²) in [4.78, 5) is 38.3. The zero-order chi connectivity index (χ0) is 22.9. The summed E-state index contributed by atoms with van der Waals surface area (Å²) in [6.45, 7) is 5.95. The van der Waals surface area contributed by atoms with Gasteiger partial charge in [0, 0.05) is 25.2 Å². The molecule has 7 nitrogen and oxygen atoms in total. The topological polar surface area (TPSA) is 84.9 Å². The highest BCUT2D eigenvalue weighted by atomic mass is 16.7. The molecule has 1 aliphatic rings. The van der Waals surface area contributed by atoms with E-state index < -0.39 is 6.16 Å². The number of likely N-dealkylation sites (tertiary alicyclic amines) is 1. The van der Waals surface area contributed by atoms with Gasteiger partial charge in [0.25, 0.3) is 5.91 Å². The van der Waals surface area contributed by atoms with Crippen LogP contribution < -0.4 is 10.1 Å². The lowest BCUT2D eigenvalue weighted by Gasteiger charge is -2.32. The number of ether oxygens (including phenoxy) is 2. The van der Waals surface area contributed by atoms with E-state index in [1.165, 1.54) is 0 Å². The molecule has 0 aliphatic carbocycles. The van der Waals surface area contributed by atoms with Crippen LogP contribution in [0.1, 0.15) is 41.3 Å². The molecule has 0 radical (unpaired) electrons. The Balaban J connectivity index is 1.40. The summed E-state index contributed by atoms with van der Waals surface area (Å²) in [6.07, 6.45) is 1.40. The summed E-state index contributed by atoms with van der Waals surface area (Å²) in [5.41, 5.74) is 2.71. The van der Waals surface area contributed by atoms with Crippen LogP contribution in [0.5, 0.6) is 5.75 Å². The molecule has 1 N–H and O–H groups in total. The number of aryl methyl sites for hydroxylation is 1. The zero-order valence-electron chi connectivity index (χ0n) is 18.6. The Bertz CT molecular complexity index is 934. The minimum absolute atomic E-state index is 0.159. The lowest BCUT2D eigenvalue weighted by molar-refractivity contribution is -0.131. The number of benzene rings is 2. The molecule has 7 heteroatoms. The van der Waals surface area contributed by atoms with E-state index >= 15 is 0 Å². The van der Waals surface area contributed by atoms with Gasteiger partial charge in [0.1, 0.15) is 5.75 Å². The van der Waals surface area contributed by atoms with Crippen LogP contribution in [0, 0.1) is 12.8 Å². The van der Waals surface area contributed by atoms with Crippen molar-refractivity contribution in [1.82, 2.24) is 10.2 Å². The Morgan fingerprint density at radius 2 is 1.72 bits per heavy atom. The van der Waals surface area contributed by atoms with Gasteiger partial charge < -0.3 is 19.7 Å². The van der Waals surface area contributed by atoms with E-state index in [0.717, 1.165) is 24.0 Å². The number of hydrogen-bond acceptors (Lipinski definition) is 5. The highest BCUT2D eigenvalue weighted by molar-refractivity contribution is 5.94. The molecule has 170 valence electrons. The molecule has 3 rings (SSSR count). The molecule has 0 bridgehead atoms. The Morgan fingerprint density at radius 3 is 2.38 bits per heavy atom. The molecule has 32 heavy (non-hydrogen) atoms. The molecule has 1 heterocycles. The molecule has 0 unspecified atom stereocenters.